The summed E-state index contributed by atoms with van der Waals surface area (Å²) in [6, 6.07) is 5.75. The minimum absolute atomic E-state index is 0.0143. The van der Waals surface area contributed by atoms with Gasteiger partial charge in [0.15, 0.2) is 0 Å². The molecule has 3 N–H and O–H groups in total. The summed E-state index contributed by atoms with van der Waals surface area (Å²) in [5.41, 5.74) is 6.01. The van der Waals surface area contributed by atoms with E-state index in [9.17, 15) is 9.18 Å². The summed E-state index contributed by atoms with van der Waals surface area (Å²) >= 11 is 0. The number of hydrogen-bond acceptors (Lipinski definition) is 3. The number of rotatable bonds is 2. The Morgan fingerprint density at radius 1 is 1.59 bits per heavy atom. The Hall–Kier alpha value is -1.46. The Morgan fingerprint density at radius 3 is 3.12 bits per heavy atom. The molecule has 0 radical (unpaired) electrons. The molecule has 0 aromatic heterocycles. The molecule has 1 unspecified atom stereocenters. The first kappa shape index (κ1) is 12.0. The highest BCUT2D eigenvalue weighted by Crippen LogP contribution is 2.11. The van der Waals surface area contributed by atoms with Crippen molar-refractivity contribution in [2.45, 2.75) is 6.04 Å². The van der Waals surface area contributed by atoms with Gasteiger partial charge in [-0.2, -0.15) is 0 Å². The molecule has 1 aliphatic rings. The molecule has 1 aromatic rings. The van der Waals surface area contributed by atoms with E-state index in [1.165, 1.54) is 12.1 Å². The first-order chi connectivity index (χ1) is 8.22. The van der Waals surface area contributed by atoms with Crippen molar-refractivity contribution < 1.29 is 9.18 Å². The summed E-state index contributed by atoms with van der Waals surface area (Å²) in [5.74, 6) is -0.545. The zero-order valence-electron chi connectivity index (χ0n) is 9.53. The van der Waals surface area contributed by atoms with Gasteiger partial charge >= 0.3 is 0 Å². The first-order valence-electron chi connectivity index (χ1n) is 5.69. The second-order valence-electron chi connectivity index (χ2n) is 4.10. The number of halogens is 1. The van der Waals surface area contributed by atoms with E-state index in [0.29, 0.717) is 25.2 Å². The predicted octanol–water partition coefficient (Wildman–Crippen LogP) is 0.198. The molecule has 1 fully saturated rings. The van der Waals surface area contributed by atoms with Crippen molar-refractivity contribution in [3.63, 3.8) is 0 Å². The highest BCUT2D eigenvalue weighted by molar-refractivity contribution is 5.94. The van der Waals surface area contributed by atoms with Gasteiger partial charge in [-0.3, -0.25) is 4.79 Å². The van der Waals surface area contributed by atoms with Gasteiger partial charge in [0.25, 0.3) is 5.91 Å². The van der Waals surface area contributed by atoms with Gasteiger partial charge in [-0.25, -0.2) is 4.39 Å². The first-order valence-corrected chi connectivity index (χ1v) is 5.69. The number of amides is 1. The Balaban J connectivity index is 2.18. The number of nitrogens with two attached hydrogens (primary N) is 1. The minimum Gasteiger partial charge on any atom is -0.332 e. The van der Waals surface area contributed by atoms with Crippen LogP contribution in [0.25, 0.3) is 0 Å². The van der Waals surface area contributed by atoms with Gasteiger partial charge < -0.3 is 16.0 Å². The molecule has 0 spiro atoms. The fourth-order valence-electron chi connectivity index (χ4n) is 2.03. The van der Waals surface area contributed by atoms with Crippen molar-refractivity contribution in [2.75, 3.05) is 26.2 Å². The van der Waals surface area contributed by atoms with Crippen LogP contribution >= 0.6 is 0 Å². The number of nitrogens with one attached hydrogen (secondary N) is 1. The molecule has 1 atom stereocenters. The maximum Gasteiger partial charge on any atom is 0.254 e. The highest BCUT2D eigenvalue weighted by Gasteiger charge is 2.26. The molecule has 4 nitrogen and oxygen atoms in total. The van der Waals surface area contributed by atoms with E-state index < -0.39 is 5.82 Å². The van der Waals surface area contributed by atoms with Crippen LogP contribution in [0, 0.1) is 5.82 Å². The number of piperazine rings is 1. The lowest BCUT2D eigenvalue weighted by Crippen LogP contribution is -2.56. The van der Waals surface area contributed by atoms with Gasteiger partial charge in [0.1, 0.15) is 5.82 Å². The van der Waals surface area contributed by atoms with E-state index in [4.69, 9.17) is 5.73 Å². The van der Waals surface area contributed by atoms with Crippen LogP contribution in [0.1, 0.15) is 10.4 Å². The van der Waals surface area contributed by atoms with E-state index in [-0.39, 0.29) is 11.9 Å². The number of carbonyl (C=O) groups is 1. The van der Waals surface area contributed by atoms with Gasteiger partial charge in [0.05, 0.1) is 6.04 Å². The Kier molecular flexibility index (Phi) is 3.71. The van der Waals surface area contributed by atoms with E-state index in [0.717, 1.165) is 6.54 Å². The largest absolute Gasteiger partial charge is 0.332 e. The van der Waals surface area contributed by atoms with E-state index in [2.05, 4.69) is 5.32 Å². The topological polar surface area (TPSA) is 58.4 Å². The summed E-state index contributed by atoms with van der Waals surface area (Å²) in [6.07, 6.45) is 0. The Labute approximate surface area is 99.6 Å². The van der Waals surface area contributed by atoms with Crippen LogP contribution in [0.2, 0.25) is 0 Å². The smallest absolute Gasteiger partial charge is 0.254 e. The average molecular weight is 237 g/mol. The molecule has 1 saturated heterocycles. The maximum atomic E-state index is 13.1. The van der Waals surface area contributed by atoms with E-state index >= 15 is 0 Å². The highest BCUT2D eigenvalue weighted by atomic mass is 19.1. The van der Waals surface area contributed by atoms with Crippen molar-refractivity contribution >= 4 is 5.91 Å². The van der Waals surface area contributed by atoms with Gasteiger partial charge in [0.2, 0.25) is 0 Å². The number of carbonyl (C=O) groups excluding carboxylic acids is 1. The van der Waals surface area contributed by atoms with Crippen LogP contribution < -0.4 is 11.1 Å². The van der Waals surface area contributed by atoms with Crippen molar-refractivity contribution in [3.8, 4) is 0 Å². The van der Waals surface area contributed by atoms with Crippen molar-refractivity contribution in [1.82, 2.24) is 10.2 Å². The summed E-state index contributed by atoms with van der Waals surface area (Å²) in [6.45, 7) is 2.46. The van der Waals surface area contributed by atoms with Crippen LogP contribution in [0.5, 0.6) is 0 Å². The molecular formula is C12H16FN3O. The summed E-state index contributed by atoms with van der Waals surface area (Å²) in [7, 11) is 0. The second-order valence-corrected chi connectivity index (χ2v) is 4.10. The monoisotopic (exact) mass is 237 g/mol. The molecule has 0 bridgehead atoms. The lowest BCUT2D eigenvalue weighted by Gasteiger charge is -2.35. The van der Waals surface area contributed by atoms with Crippen molar-refractivity contribution in [1.29, 1.82) is 0 Å². The second kappa shape index (κ2) is 5.25. The fourth-order valence-corrected chi connectivity index (χ4v) is 2.03. The summed E-state index contributed by atoms with van der Waals surface area (Å²) < 4.78 is 13.1. The van der Waals surface area contributed by atoms with Gasteiger partial charge in [-0.05, 0) is 18.2 Å². The van der Waals surface area contributed by atoms with E-state index in [1.807, 2.05) is 0 Å². The van der Waals surface area contributed by atoms with Crippen LogP contribution in [0.15, 0.2) is 24.3 Å². The van der Waals surface area contributed by atoms with Crippen LogP contribution in [-0.2, 0) is 0 Å². The Bertz CT molecular complexity index is 410. The molecule has 0 saturated carbocycles. The molecule has 92 valence electrons. The third kappa shape index (κ3) is 2.62. The zero-order chi connectivity index (χ0) is 12.3. The molecule has 1 amide bonds. The summed E-state index contributed by atoms with van der Waals surface area (Å²) in [4.78, 5) is 13.9. The normalized spacial score (nSPS) is 20.4. The van der Waals surface area contributed by atoms with Gasteiger partial charge in [-0.15, -0.1) is 0 Å². The molecule has 1 aliphatic heterocycles. The molecule has 1 heterocycles. The lowest BCUT2D eigenvalue weighted by molar-refractivity contribution is 0.0644. The van der Waals surface area contributed by atoms with Crippen molar-refractivity contribution in [2.24, 2.45) is 5.73 Å². The molecule has 17 heavy (non-hydrogen) atoms. The van der Waals surface area contributed by atoms with Crippen molar-refractivity contribution in [3.05, 3.63) is 35.6 Å². The average Bonchev–Trinajstić information content (AvgIpc) is 2.38. The van der Waals surface area contributed by atoms with Gasteiger partial charge in [-0.1, -0.05) is 6.07 Å². The SMILES string of the molecule is NCC1CNCCN1C(=O)c1cccc(F)c1. The Morgan fingerprint density at radius 2 is 2.41 bits per heavy atom. The maximum absolute atomic E-state index is 13.1. The summed E-state index contributed by atoms with van der Waals surface area (Å²) in [5, 5.41) is 3.19. The fraction of sp³-hybridized carbons (Fsp3) is 0.417. The molecule has 5 heteroatoms. The third-order valence-corrected chi connectivity index (χ3v) is 2.95. The van der Waals surface area contributed by atoms with Crippen LogP contribution in [0.4, 0.5) is 4.39 Å². The zero-order valence-corrected chi connectivity index (χ0v) is 9.53. The number of hydrogen-bond donors (Lipinski definition) is 2. The minimum atomic E-state index is -0.393. The van der Waals surface area contributed by atoms with Crippen LogP contribution in [0.3, 0.4) is 0 Å². The molecule has 2 rings (SSSR count). The third-order valence-electron chi connectivity index (χ3n) is 2.95. The van der Waals surface area contributed by atoms with E-state index in [1.54, 1.807) is 17.0 Å². The number of benzene rings is 1. The predicted molar refractivity (Wildman–Crippen MR) is 63.1 cm³/mol. The molecular weight excluding hydrogens is 221 g/mol. The quantitative estimate of drug-likeness (QED) is 0.772. The number of nitrogens with zero attached hydrogens (tertiary/aromatic N) is 1. The lowest BCUT2D eigenvalue weighted by atomic mass is 10.1. The van der Waals surface area contributed by atoms with Crippen LogP contribution in [-0.4, -0.2) is 43.0 Å². The standard InChI is InChI=1S/C12H16FN3O/c13-10-3-1-2-9(6-10)12(17)16-5-4-15-8-11(16)7-14/h1-3,6,11,15H,4-5,7-8,14H2. The van der Waals surface area contributed by atoms with Gasteiger partial charge in [0, 0.05) is 31.7 Å². The molecule has 0 aliphatic carbocycles. The molecule has 1 aromatic carbocycles.